The molecule has 1 aromatic heterocycles. The largest absolute Gasteiger partial charge is 0.503 e. The SMILES string of the molecule is CC1=NN(c2[c-]c(Oc3[c-]c(-c4cc(C)n(-c5ccccc5)n4)ccc3)ccc2)[CH-]N1c1ccccc1.[Pt]. The molecule has 4 aromatic carbocycles. The van der Waals surface area contributed by atoms with Crippen molar-refractivity contribution in [1.82, 2.24) is 9.78 Å². The molecule has 192 valence electrons. The first kappa shape index (κ1) is 25.5. The van der Waals surface area contributed by atoms with Gasteiger partial charge in [-0.05, 0) is 38.1 Å². The van der Waals surface area contributed by atoms with Crippen LogP contribution in [0.15, 0.2) is 108 Å². The number of hydrazone groups is 1. The van der Waals surface area contributed by atoms with Crippen LogP contribution in [-0.4, -0.2) is 15.6 Å². The molecule has 0 amide bonds. The van der Waals surface area contributed by atoms with Crippen LogP contribution in [-0.2, 0) is 21.1 Å². The number of benzene rings is 4. The number of anilines is 2. The Hall–Kier alpha value is -4.15. The number of amidine groups is 1. The molecule has 6 rings (SSSR count). The second kappa shape index (κ2) is 11.1. The molecule has 38 heavy (non-hydrogen) atoms. The first-order valence-corrected chi connectivity index (χ1v) is 12.0. The van der Waals surface area contributed by atoms with Gasteiger partial charge in [-0.15, -0.1) is 48.6 Å². The van der Waals surface area contributed by atoms with Crippen LogP contribution in [0.2, 0.25) is 0 Å². The number of hydrogen-bond donors (Lipinski definition) is 0. The Kier molecular flexibility index (Phi) is 7.43. The number of aryl methyl sites for hydroxylation is 1. The zero-order valence-electron chi connectivity index (χ0n) is 20.9. The summed E-state index contributed by atoms with van der Waals surface area (Å²) >= 11 is 0. The van der Waals surface area contributed by atoms with Crippen LogP contribution in [0, 0.1) is 25.7 Å². The van der Waals surface area contributed by atoms with E-state index in [1.54, 1.807) is 5.01 Å². The van der Waals surface area contributed by atoms with Crippen molar-refractivity contribution in [1.29, 1.82) is 0 Å². The summed E-state index contributed by atoms with van der Waals surface area (Å²) < 4.78 is 8.08. The van der Waals surface area contributed by atoms with Gasteiger partial charge in [-0.25, -0.2) is 9.78 Å². The Labute approximate surface area is 237 Å². The Bertz CT molecular complexity index is 1570. The van der Waals surface area contributed by atoms with Crippen molar-refractivity contribution in [2.45, 2.75) is 13.8 Å². The minimum absolute atomic E-state index is 0. The molecule has 0 bridgehead atoms. The Morgan fingerprint density at radius 1 is 0.737 bits per heavy atom. The van der Waals surface area contributed by atoms with Crippen LogP contribution >= 0.6 is 0 Å². The van der Waals surface area contributed by atoms with Gasteiger partial charge in [0.25, 0.3) is 0 Å². The summed E-state index contributed by atoms with van der Waals surface area (Å²) in [4.78, 5) is 2.04. The van der Waals surface area contributed by atoms with Crippen LogP contribution in [0.5, 0.6) is 11.5 Å². The quantitative estimate of drug-likeness (QED) is 0.182. The van der Waals surface area contributed by atoms with E-state index in [9.17, 15) is 0 Å². The van der Waals surface area contributed by atoms with Crippen LogP contribution in [0.25, 0.3) is 16.9 Å². The molecule has 0 saturated heterocycles. The van der Waals surface area contributed by atoms with Crippen molar-refractivity contribution in [3.63, 3.8) is 0 Å². The normalized spacial score (nSPS) is 12.7. The second-order valence-corrected chi connectivity index (χ2v) is 8.66. The van der Waals surface area contributed by atoms with Crippen LogP contribution in [0.1, 0.15) is 12.6 Å². The van der Waals surface area contributed by atoms with Gasteiger partial charge >= 0.3 is 0 Å². The first-order valence-electron chi connectivity index (χ1n) is 12.0. The molecule has 5 aromatic rings. The molecule has 0 spiro atoms. The predicted molar refractivity (Wildman–Crippen MR) is 147 cm³/mol. The van der Waals surface area contributed by atoms with Crippen molar-refractivity contribution >= 4 is 17.2 Å². The van der Waals surface area contributed by atoms with E-state index < -0.39 is 0 Å². The van der Waals surface area contributed by atoms with Gasteiger partial charge < -0.3 is 14.6 Å². The van der Waals surface area contributed by atoms with Gasteiger partial charge in [0.15, 0.2) is 0 Å². The van der Waals surface area contributed by atoms with E-state index in [1.165, 1.54) is 0 Å². The van der Waals surface area contributed by atoms with Crippen molar-refractivity contribution in [3.8, 4) is 28.4 Å². The van der Waals surface area contributed by atoms with E-state index in [0.29, 0.717) is 11.5 Å². The fraction of sp³-hybridized carbons (Fsp3) is 0.0645. The maximum atomic E-state index is 6.15. The van der Waals surface area contributed by atoms with E-state index in [4.69, 9.17) is 9.84 Å². The number of rotatable bonds is 6. The van der Waals surface area contributed by atoms with Gasteiger partial charge in [-0.3, -0.25) is 0 Å². The molecule has 1 aliphatic heterocycles. The van der Waals surface area contributed by atoms with Gasteiger partial charge in [-0.2, -0.15) is 11.2 Å². The maximum absolute atomic E-state index is 6.15. The molecule has 0 saturated carbocycles. The smallest absolute Gasteiger partial charge is 0.0952 e. The van der Waals surface area contributed by atoms with Crippen molar-refractivity contribution in [2.24, 2.45) is 5.10 Å². The third kappa shape index (κ3) is 5.27. The van der Waals surface area contributed by atoms with Crippen LogP contribution in [0.4, 0.5) is 11.4 Å². The molecule has 0 unspecified atom stereocenters. The van der Waals surface area contributed by atoms with Crippen LogP contribution in [0.3, 0.4) is 0 Å². The third-order valence-corrected chi connectivity index (χ3v) is 6.01. The van der Waals surface area contributed by atoms with E-state index in [0.717, 1.165) is 39.8 Å². The first-order chi connectivity index (χ1) is 18.1. The molecule has 0 radical (unpaired) electrons. The summed E-state index contributed by atoms with van der Waals surface area (Å²) in [6.45, 7) is 5.96. The summed E-state index contributed by atoms with van der Waals surface area (Å²) in [6.07, 6.45) is 0. The van der Waals surface area contributed by atoms with Gasteiger partial charge in [0.05, 0.1) is 11.5 Å². The number of ether oxygens (including phenoxy) is 1. The fourth-order valence-electron chi connectivity index (χ4n) is 4.22. The zero-order valence-corrected chi connectivity index (χ0v) is 23.1. The minimum Gasteiger partial charge on any atom is -0.503 e. The molecular weight excluding hydrogens is 653 g/mol. The maximum Gasteiger partial charge on any atom is 0.0952 e. The molecule has 0 fully saturated rings. The van der Waals surface area contributed by atoms with Gasteiger partial charge in [0.2, 0.25) is 0 Å². The van der Waals surface area contributed by atoms with Crippen molar-refractivity contribution < 1.29 is 25.8 Å². The average molecular weight is 678 g/mol. The van der Waals surface area contributed by atoms with Crippen molar-refractivity contribution in [2.75, 3.05) is 9.91 Å². The molecule has 0 atom stereocenters. The number of aromatic nitrogens is 2. The Morgan fingerprint density at radius 2 is 1.39 bits per heavy atom. The second-order valence-electron chi connectivity index (χ2n) is 8.66. The summed E-state index contributed by atoms with van der Waals surface area (Å²) in [6, 6.07) is 40.5. The summed E-state index contributed by atoms with van der Waals surface area (Å²) in [7, 11) is 0. The Morgan fingerprint density at radius 3 is 2.13 bits per heavy atom. The summed E-state index contributed by atoms with van der Waals surface area (Å²) in [5, 5.41) is 11.3. The topological polar surface area (TPSA) is 45.9 Å². The third-order valence-electron chi connectivity index (χ3n) is 6.01. The van der Waals surface area contributed by atoms with Gasteiger partial charge in [0, 0.05) is 49.6 Å². The predicted octanol–water partition coefficient (Wildman–Crippen LogP) is 7.02. The average Bonchev–Trinajstić information content (AvgIpc) is 3.53. The monoisotopic (exact) mass is 677 g/mol. The minimum atomic E-state index is 0. The summed E-state index contributed by atoms with van der Waals surface area (Å²) in [5.74, 6) is 2.04. The van der Waals surface area contributed by atoms with E-state index in [2.05, 4.69) is 35.4 Å². The molecule has 0 aliphatic carbocycles. The van der Waals surface area contributed by atoms with Gasteiger partial charge in [-0.1, -0.05) is 54.2 Å². The zero-order chi connectivity index (χ0) is 25.2. The fourth-order valence-corrected chi connectivity index (χ4v) is 4.22. The molecule has 6 nitrogen and oxygen atoms in total. The number of nitrogens with zero attached hydrogens (tertiary/aromatic N) is 5. The number of para-hydroxylation sites is 2. The summed E-state index contributed by atoms with van der Waals surface area (Å²) in [5.41, 5.74) is 5.59. The van der Waals surface area contributed by atoms with Crippen LogP contribution < -0.4 is 14.6 Å². The molecule has 2 heterocycles. The van der Waals surface area contributed by atoms with E-state index >= 15 is 0 Å². The van der Waals surface area contributed by atoms with E-state index in [-0.39, 0.29) is 21.1 Å². The van der Waals surface area contributed by atoms with Crippen molar-refractivity contribution in [3.05, 3.63) is 128 Å². The molecule has 1 aliphatic rings. The molecular formula is C31H24N5OPt-3. The molecule has 7 heteroatoms. The van der Waals surface area contributed by atoms with Gasteiger partial charge in [0.1, 0.15) is 0 Å². The number of hydrogen-bond acceptors (Lipinski definition) is 5. The standard InChI is InChI=1S/C31H24N5O.Pt/c1-23-19-31(33-36(23)27-14-7-4-8-15-27)25-11-9-17-29(20-25)37-30-18-10-16-28(21-30)35-22-34(24(2)32-35)26-12-5-3-6-13-26;/h3-19,22H,1-2H3;/q-3;. The molecule has 0 N–H and O–H groups in total. The Balaban J connectivity index is 0.00000294. The van der Waals surface area contributed by atoms with E-state index in [1.807, 2.05) is 115 Å².